The highest BCUT2D eigenvalue weighted by Gasteiger charge is 2.08. The Hall–Kier alpha value is -1.64. The predicted octanol–water partition coefficient (Wildman–Crippen LogP) is 3.06. The molecule has 1 aromatic rings. The average Bonchev–Trinajstić information content (AvgIpc) is 2.37. The van der Waals surface area contributed by atoms with Gasteiger partial charge in [0.1, 0.15) is 5.82 Å². The lowest BCUT2D eigenvalue weighted by molar-refractivity contribution is 0.0956. The summed E-state index contributed by atoms with van der Waals surface area (Å²) in [5, 5.41) is 2.82. The smallest absolute Gasteiger partial charge is 0.251 e. The van der Waals surface area contributed by atoms with Crippen LogP contribution in [-0.2, 0) is 0 Å². The van der Waals surface area contributed by atoms with E-state index >= 15 is 0 Å². The van der Waals surface area contributed by atoms with Crippen molar-refractivity contribution in [1.82, 2.24) is 5.32 Å². The first-order valence-corrected chi connectivity index (χ1v) is 5.97. The second-order valence-electron chi connectivity index (χ2n) is 4.30. The number of hydrogen-bond acceptors (Lipinski definition) is 1. The summed E-state index contributed by atoms with van der Waals surface area (Å²) in [4.78, 5) is 11.7. The van der Waals surface area contributed by atoms with Gasteiger partial charge < -0.3 is 5.32 Å². The summed E-state index contributed by atoms with van der Waals surface area (Å²) in [6, 6.07) is 5.75. The van der Waals surface area contributed by atoms with E-state index in [0.29, 0.717) is 12.1 Å². The van der Waals surface area contributed by atoms with Crippen LogP contribution in [0.25, 0.3) is 0 Å². The Labute approximate surface area is 101 Å². The van der Waals surface area contributed by atoms with Crippen molar-refractivity contribution in [3.05, 3.63) is 47.3 Å². The fourth-order valence-electron chi connectivity index (χ4n) is 1.99. The molecule has 0 atom stereocenters. The Morgan fingerprint density at radius 2 is 2.24 bits per heavy atom. The van der Waals surface area contributed by atoms with Crippen LogP contribution in [0.4, 0.5) is 4.39 Å². The zero-order valence-electron chi connectivity index (χ0n) is 9.71. The minimum atomic E-state index is -0.380. The molecule has 17 heavy (non-hydrogen) atoms. The number of carbonyl (C=O) groups excluding carboxylic acids is 1. The van der Waals surface area contributed by atoms with Crippen LogP contribution in [0, 0.1) is 5.82 Å². The number of carbonyl (C=O) groups is 1. The molecule has 1 aliphatic rings. The molecule has 2 rings (SSSR count). The molecule has 1 N–H and O–H groups in total. The first-order valence-electron chi connectivity index (χ1n) is 5.97. The van der Waals surface area contributed by atoms with Crippen molar-refractivity contribution in [2.75, 3.05) is 6.54 Å². The third-order valence-electron chi connectivity index (χ3n) is 2.95. The van der Waals surface area contributed by atoms with Gasteiger partial charge in [0.2, 0.25) is 0 Å². The van der Waals surface area contributed by atoms with Gasteiger partial charge in [0.15, 0.2) is 0 Å². The van der Waals surface area contributed by atoms with Crippen LogP contribution < -0.4 is 5.32 Å². The Kier molecular flexibility index (Phi) is 3.91. The summed E-state index contributed by atoms with van der Waals surface area (Å²) < 4.78 is 12.9. The second-order valence-corrected chi connectivity index (χ2v) is 4.30. The van der Waals surface area contributed by atoms with E-state index in [-0.39, 0.29) is 11.7 Å². The molecular formula is C14H16FNO. The van der Waals surface area contributed by atoms with Crippen molar-refractivity contribution in [1.29, 1.82) is 0 Å². The molecule has 0 saturated heterocycles. The molecule has 0 heterocycles. The second kappa shape index (κ2) is 5.62. The first-order chi connectivity index (χ1) is 8.25. The van der Waals surface area contributed by atoms with Gasteiger partial charge in [-0.05, 0) is 43.9 Å². The molecule has 90 valence electrons. The number of rotatable bonds is 3. The van der Waals surface area contributed by atoms with Gasteiger partial charge in [-0.2, -0.15) is 0 Å². The molecule has 3 heteroatoms. The van der Waals surface area contributed by atoms with E-state index in [1.54, 1.807) is 12.1 Å². The molecule has 1 aromatic carbocycles. The molecule has 0 aromatic heterocycles. The van der Waals surface area contributed by atoms with E-state index in [1.165, 1.54) is 30.5 Å². The van der Waals surface area contributed by atoms with Crippen LogP contribution in [0.5, 0.6) is 0 Å². The molecule has 0 saturated carbocycles. The molecule has 2 nitrogen and oxygen atoms in total. The van der Waals surface area contributed by atoms with Crippen LogP contribution in [0.15, 0.2) is 35.9 Å². The summed E-state index contributed by atoms with van der Waals surface area (Å²) >= 11 is 0. The molecule has 0 fully saturated rings. The van der Waals surface area contributed by atoms with E-state index < -0.39 is 0 Å². The van der Waals surface area contributed by atoms with Gasteiger partial charge in [-0.15, -0.1) is 0 Å². The molecule has 0 spiro atoms. The highest BCUT2D eigenvalue weighted by molar-refractivity contribution is 5.94. The van der Waals surface area contributed by atoms with Crippen molar-refractivity contribution < 1.29 is 9.18 Å². The fourth-order valence-corrected chi connectivity index (χ4v) is 1.99. The highest BCUT2D eigenvalue weighted by Crippen LogP contribution is 2.16. The average molecular weight is 233 g/mol. The lowest BCUT2D eigenvalue weighted by Crippen LogP contribution is -2.26. The maximum atomic E-state index is 12.9. The van der Waals surface area contributed by atoms with E-state index in [2.05, 4.69) is 11.4 Å². The van der Waals surface area contributed by atoms with Crippen LogP contribution in [0.1, 0.15) is 36.0 Å². The zero-order valence-corrected chi connectivity index (χ0v) is 9.71. The Morgan fingerprint density at radius 1 is 1.35 bits per heavy atom. The number of benzene rings is 1. The highest BCUT2D eigenvalue weighted by atomic mass is 19.1. The Bertz CT molecular complexity index is 440. The van der Waals surface area contributed by atoms with Crippen molar-refractivity contribution in [3.63, 3.8) is 0 Å². The number of amides is 1. The van der Waals surface area contributed by atoms with Crippen LogP contribution in [0.3, 0.4) is 0 Å². The summed E-state index contributed by atoms with van der Waals surface area (Å²) in [5.74, 6) is -0.592. The van der Waals surface area contributed by atoms with Gasteiger partial charge in [-0.25, -0.2) is 4.39 Å². The lowest BCUT2D eigenvalue weighted by atomic mass is 9.99. The van der Waals surface area contributed by atoms with Crippen molar-refractivity contribution in [2.45, 2.75) is 25.7 Å². The normalized spacial score (nSPS) is 15.2. The first kappa shape index (κ1) is 11.8. The van der Waals surface area contributed by atoms with E-state index in [0.717, 1.165) is 12.8 Å². The van der Waals surface area contributed by atoms with Gasteiger partial charge in [0.05, 0.1) is 0 Å². The third kappa shape index (κ3) is 3.41. The van der Waals surface area contributed by atoms with E-state index in [4.69, 9.17) is 0 Å². The topological polar surface area (TPSA) is 29.1 Å². The van der Waals surface area contributed by atoms with Crippen LogP contribution in [-0.4, -0.2) is 12.5 Å². The van der Waals surface area contributed by atoms with Crippen molar-refractivity contribution in [2.24, 2.45) is 0 Å². The summed E-state index contributed by atoms with van der Waals surface area (Å²) in [6.45, 7) is 0.579. The van der Waals surface area contributed by atoms with Gasteiger partial charge in [-0.3, -0.25) is 4.79 Å². The summed E-state index contributed by atoms with van der Waals surface area (Å²) in [7, 11) is 0. The quantitative estimate of drug-likeness (QED) is 0.799. The number of nitrogens with one attached hydrogen (secondary N) is 1. The summed E-state index contributed by atoms with van der Waals surface area (Å²) in [6.07, 6.45) is 6.78. The van der Waals surface area contributed by atoms with Gasteiger partial charge in [-0.1, -0.05) is 17.7 Å². The molecular weight excluding hydrogens is 217 g/mol. The zero-order chi connectivity index (χ0) is 12.1. The third-order valence-corrected chi connectivity index (χ3v) is 2.95. The summed E-state index contributed by atoms with van der Waals surface area (Å²) in [5.41, 5.74) is 1.66. The molecule has 1 aliphatic carbocycles. The Balaban J connectivity index is 1.91. The van der Waals surface area contributed by atoms with E-state index in [9.17, 15) is 9.18 Å². The Morgan fingerprint density at radius 3 is 2.94 bits per heavy atom. The van der Waals surface area contributed by atoms with Gasteiger partial charge in [0, 0.05) is 12.1 Å². The van der Waals surface area contributed by atoms with Crippen molar-refractivity contribution in [3.8, 4) is 0 Å². The SMILES string of the molecule is O=C(NCC1=CCCCC1)c1cccc(F)c1. The lowest BCUT2D eigenvalue weighted by Gasteiger charge is -2.13. The van der Waals surface area contributed by atoms with E-state index in [1.807, 2.05) is 0 Å². The van der Waals surface area contributed by atoms with Crippen molar-refractivity contribution >= 4 is 5.91 Å². The minimum Gasteiger partial charge on any atom is -0.348 e. The molecule has 0 radical (unpaired) electrons. The van der Waals surface area contributed by atoms with Crippen LogP contribution in [0.2, 0.25) is 0 Å². The van der Waals surface area contributed by atoms with Crippen LogP contribution >= 0.6 is 0 Å². The van der Waals surface area contributed by atoms with Gasteiger partial charge >= 0.3 is 0 Å². The molecule has 1 amide bonds. The minimum absolute atomic E-state index is 0.212. The number of hydrogen-bond donors (Lipinski definition) is 1. The number of halogens is 1. The monoisotopic (exact) mass is 233 g/mol. The molecule has 0 aliphatic heterocycles. The maximum Gasteiger partial charge on any atom is 0.251 e. The van der Waals surface area contributed by atoms with Gasteiger partial charge in [0.25, 0.3) is 5.91 Å². The largest absolute Gasteiger partial charge is 0.348 e. The molecule has 0 unspecified atom stereocenters. The fraction of sp³-hybridized carbons (Fsp3) is 0.357. The maximum absolute atomic E-state index is 12.9. The molecule has 0 bridgehead atoms. The number of allylic oxidation sites excluding steroid dienone is 1. The standard InChI is InChI=1S/C14H16FNO/c15-13-8-4-7-12(9-13)14(17)16-10-11-5-2-1-3-6-11/h4-5,7-9H,1-3,6,10H2,(H,16,17). The predicted molar refractivity (Wildman–Crippen MR) is 65.3 cm³/mol.